The third-order valence-electron chi connectivity index (χ3n) is 2.62. The van der Waals surface area contributed by atoms with Gasteiger partial charge in [-0.3, -0.25) is 4.79 Å². The summed E-state index contributed by atoms with van der Waals surface area (Å²) < 4.78 is 0. The summed E-state index contributed by atoms with van der Waals surface area (Å²) in [6.45, 7) is 3.40. The van der Waals surface area contributed by atoms with Crippen LogP contribution in [0.4, 0.5) is 0 Å². The van der Waals surface area contributed by atoms with Gasteiger partial charge in [-0.05, 0) is 19.4 Å². The first kappa shape index (κ1) is 12.0. The Morgan fingerprint density at radius 2 is 2.33 bits per heavy atom. The molecule has 1 fully saturated rings. The molecule has 0 aromatic carbocycles. The zero-order chi connectivity index (χ0) is 11.3. The second-order valence-corrected chi connectivity index (χ2v) is 3.88. The number of rotatable bonds is 5. The summed E-state index contributed by atoms with van der Waals surface area (Å²) >= 11 is 0. The lowest BCUT2D eigenvalue weighted by atomic mass is 10.1. The van der Waals surface area contributed by atoms with Crippen molar-refractivity contribution in [2.24, 2.45) is 5.92 Å². The van der Waals surface area contributed by atoms with Crippen molar-refractivity contribution < 1.29 is 14.7 Å². The lowest BCUT2D eigenvalue weighted by Crippen LogP contribution is -2.44. The molecule has 0 aromatic rings. The zero-order valence-electron chi connectivity index (χ0n) is 8.95. The summed E-state index contributed by atoms with van der Waals surface area (Å²) in [7, 11) is 0. The number of carbonyl (C=O) groups is 2. The molecule has 5 heteroatoms. The van der Waals surface area contributed by atoms with Gasteiger partial charge in [-0.25, -0.2) is 4.79 Å². The van der Waals surface area contributed by atoms with E-state index >= 15 is 0 Å². The molecule has 15 heavy (non-hydrogen) atoms. The molecular weight excluding hydrogens is 196 g/mol. The third-order valence-corrected chi connectivity index (χ3v) is 2.62. The quantitative estimate of drug-likeness (QED) is 0.600. The Balaban J connectivity index is 2.42. The molecule has 1 aliphatic rings. The van der Waals surface area contributed by atoms with E-state index in [4.69, 9.17) is 5.11 Å². The molecule has 1 aliphatic heterocycles. The van der Waals surface area contributed by atoms with Gasteiger partial charge in [0.2, 0.25) is 5.91 Å². The van der Waals surface area contributed by atoms with Crippen molar-refractivity contribution in [1.82, 2.24) is 10.6 Å². The number of hydrogen-bond donors (Lipinski definition) is 3. The highest BCUT2D eigenvalue weighted by Gasteiger charge is 2.26. The van der Waals surface area contributed by atoms with Crippen LogP contribution in [0.15, 0.2) is 0 Å². The lowest BCUT2D eigenvalue weighted by Gasteiger charge is -2.16. The van der Waals surface area contributed by atoms with E-state index in [0.29, 0.717) is 13.0 Å². The molecule has 0 aromatic heterocycles. The Bertz CT molecular complexity index is 237. The van der Waals surface area contributed by atoms with Crippen molar-refractivity contribution in [3.05, 3.63) is 0 Å². The van der Waals surface area contributed by atoms with Crippen LogP contribution in [-0.2, 0) is 9.59 Å². The minimum absolute atomic E-state index is 0.0660. The van der Waals surface area contributed by atoms with E-state index in [1.165, 1.54) is 0 Å². The van der Waals surface area contributed by atoms with Gasteiger partial charge >= 0.3 is 5.97 Å². The summed E-state index contributed by atoms with van der Waals surface area (Å²) in [6.07, 6.45) is 2.03. The van der Waals surface area contributed by atoms with E-state index in [0.717, 1.165) is 19.4 Å². The van der Waals surface area contributed by atoms with E-state index in [9.17, 15) is 9.59 Å². The number of aliphatic carboxylic acids is 1. The highest BCUT2D eigenvalue weighted by atomic mass is 16.4. The lowest BCUT2D eigenvalue weighted by molar-refractivity contribution is -0.142. The van der Waals surface area contributed by atoms with Crippen molar-refractivity contribution in [1.29, 1.82) is 0 Å². The van der Waals surface area contributed by atoms with Crippen LogP contribution in [0.5, 0.6) is 0 Å². The highest BCUT2D eigenvalue weighted by molar-refractivity contribution is 5.85. The van der Waals surface area contributed by atoms with Gasteiger partial charge in [0.05, 0.1) is 5.92 Å². The van der Waals surface area contributed by atoms with Gasteiger partial charge in [-0.15, -0.1) is 0 Å². The maximum Gasteiger partial charge on any atom is 0.326 e. The highest BCUT2D eigenvalue weighted by Crippen LogP contribution is 2.08. The summed E-state index contributed by atoms with van der Waals surface area (Å²) in [4.78, 5) is 22.4. The maximum atomic E-state index is 11.6. The first-order valence-electron chi connectivity index (χ1n) is 5.39. The molecule has 0 bridgehead atoms. The fourth-order valence-electron chi connectivity index (χ4n) is 1.71. The van der Waals surface area contributed by atoms with E-state index < -0.39 is 12.0 Å². The first-order valence-corrected chi connectivity index (χ1v) is 5.39. The number of hydrogen-bond acceptors (Lipinski definition) is 3. The topological polar surface area (TPSA) is 78.4 Å². The van der Waals surface area contributed by atoms with Crippen LogP contribution in [0.1, 0.15) is 26.2 Å². The molecule has 1 saturated heterocycles. The van der Waals surface area contributed by atoms with Crippen molar-refractivity contribution >= 4 is 11.9 Å². The molecule has 0 aliphatic carbocycles. The SMILES string of the molecule is CCC[C@H](NC(=O)C1CCNC1)C(=O)O. The van der Waals surface area contributed by atoms with Crippen LogP contribution in [0, 0.1) is 5.92 Å². The number of carbonyl (C=O) groups excluding carboxylic acids is 1. The third kappa shape index (κ3) is 3.51. The Hall–Kier alpha value is -1.10. The van der Waals surface area contributed by atoms with Crippen molar-refractivity contribution in [3.8, 4) is 0 Å². The molecule has 0 saturated carbocycles. The Kier molecular flexibility index (Phi) is 4.55. The number of amides is 1. The van der Waals surface area contributed by atoms with Gasteiger partial charge in [0.25, 0.3) is 0 Å². The molecule has 3 N–H and O–H groups in total. The van der Waals surface area contributed by atoms with Crippen LogP contribution in [-0.4, -0.2) is 36.1 Å². The van der Waals surface area contributed by atoms with Crippen LogP contribution in [0.25, 0.3) is 0 Å². The van der Waals surface area contributed by atoms with Gasteiger partial charge in [0.15, 0.2) is 0 Å². The van der Waals surface area contributed by atoms with Gasteiger partial charge < -0.3 is 15.7 Å². The monoisotopic (exact) mass is 214 g/mol. The normalized spacial score (nSPS) is 22.3. The molecule has 1 heterocycles. The molecule has 2 atom stereocenters. The van der Waals surface area contributed by atoms with Crippen molar-refractivity contribution in [3.63, 3.8) is 0 Å². The molecule has 5 nitrogen and oxygen atoms in total. The molecule has 1 unspecified atom stereocenters. The van der Waals surface area contributed by atoms with Gasteiger partial charge in [0.1, 0.15) is 6.04 Å². The van der Waals surface area contributed by atoms with E-state index in [1.54, 1.807) is 0 Å². The Morgan fingerprint density at radius 3 is 2.80 bits per heavy atom. The minimum Gasteiger partial charge on any atom is -0.480 e. The molecule has 86 valence electrons. The second-order valence-electron chi connectivity index (χ2n) is 3.88. The fourth-order valence-corrected chi connectivity index (χ4v) is 1.71. The number of carboxylic acids is 1. The molecule has 1 amide bonds. The molecule has 1 rings (SSSR count). The van der Waals surface area contributed by atoms with Gasteiger partial charge in [-0.1, -0.05) is 13.3 Å². The Labute approximate surface area is 89.2 Å². The predicted octanol–water partition coefficient (Wildman–Crippen LogP) is -0.0346. The summed E-state index contributed by atoms with van der Waals surface area (Å²) in [6, 6.07) is -0.733. The van der Waals surface area contributed by atoms with E-state index in [2.05, 4.69) is 10.6 Å². The largest absolute Gasteiger partial charge is 0.480 e. The van der Waals surface area contributed by atoms with Crippen LogP contribution in [0.2, 0.25) is 0 Å². The Morgan fingerprint density at radius 1 is 1.60 bits per heavy atom. The van der Waals surface area contributed by atoms with E-state index in [-0.39, 0.29) is 11.8 Å². The van der Waals surface area contributed by atoms with E-state index in [1.807, 2.05) is 6.92 Å². The van der Waals surface area contributed by atoms with Crippen LogP contribution >= 0.6 is 0 Å². The molecule has 0 radical (unpaired) electrons. The fraction of sp³-hybridized carbons (Fsp3) is 0.800. The molecule has 0 spiro atoms. The number of carboxylic acid groups (broad SMARTS) is 1. The summed E-state index contributed by atoms with van der Waals surface area (Å²) in [5.41, 5.74) is 0. The first-order chi connectivity index (χ1) is 7.15. The standard InChI is InChI=1S/C10H18N2O3/c1-2-3-8(10(14)15)12-9(13)7-4-5-11-6-7/h7-8,11H,2-6H2,1H3,(H,12,13)(H,14,15)/t7?,8-/m0/s1. The predicted molar refractivity (Wildman–Crippen MR) is 55.5 cm³/mol. The average molecular weight is 214 g/mol. The molecular formula is C10H18N2O3. The second kappa shape index (κ2) is 5.70. The van der Waals surface area contributed by atoms with Crippen LogP contribution in [0.3, 0.4) is 0 Å². The maximum absolute atomic E-state index is 11.6. The summed E-state index contributed by atoms with van der Waals surface area (Å²) in [5.74, 6) is -1.15. The zero-order valence-corrected chi connectivity index (χ0v) is 8.95. The number of nitrogens with one attached hydrogen (secondary N) is 2. The van der Waals surface area contributed by atoms with Gasteiger partial charge in [0, 0.05) is 6.54 Å². The van der Waals surface area contributed by atoms with Crippen LogP contribution < -0.4 is 10.6 Å². The summed E-state index contributed by atoms with van der Waals surface area (Å²) in [5, 5.41) is 14.5. The van der Waals surface area contributed by atoms with Gasteiger partial charge in [-0.2, -0.15) is 0 Å². The minimum atomic E-state index is -0.948. The smallest absolute Gasteiger partial charge is 0.326 e. The van der Waals surface area contributed by atoms with Crippen molar-refractivity contribution in [2.45, 2.75) is 32.2 Å². The van der Waals surface area contributed by atoms with Crippen molar-refractivity contribution in [2.75, 3.05) is 13.1 Å². The average Bonchev–Trinajstić information content (AvgIpc) is 2.69.